The maximum atomic E-state index is 12.7. The number of hydrogen-bond acceptors (Lipinski definition) is 4. The van der Waals surface area contributed by atoms with Gasteiger partial charge in [0.05, 0.1) is 12.6 Å². The van der Waals surface area contributed by atoms with Crippen LogP contribution in [0.1, 0.15) is 36.2 Å². The van der Waals surface area contributed by atoms with E-state index in [1.807, 2.05) is 4.90 Å². The van der Waals surface area contributed by atoms with E-state index >= 15 is 0 Å². The van der Waals surface area contributed by atoms with Crippen LogP contribution >= 0.6 is 11.3 Å². The Bertz CT molecular complexity index is 480. The summed E-state index contributed by atoms with van der Waals surface area (Å²) in [4.78, 5) is 16.1. The average molecular weight is 280 g/mol. The average Bonchev–Trinajstić information content (AvgIpc) is 3.05. The molecule has 0 bridgehead atoms. The van der Waals surface area contributed by atoms with Gasteiger partial charge >= 0.3 is 0 Å². The van der Waals surface area contributed by atoms with Crippen LogP contribution in [0.3, 0.4) is 0 Å². The van der Waals surface area contributed by atoms with Crippen LogP contribution in [0.4, 0.5) is 0 Å². The van der Waals surface area contributed by atoms with Crippen molar-refractivity contribution in [2.24, 2.45) is 5.73 Å². The Morgan fingerprint density at radius 2 is 2.53 bits per heavy atom. The molecule has 0 aliphatic carbocycles. The van der Waals surface area contributed by atoms with E-state index in [1.165, 1.54) is 10.4 Å². The lowest BCUT2D eigenvalue weighted by atomic mass is 9.92. The highest BCUT2D eigenvalue weighted by Gasteiger charge is 2.44. The molecule has 104 valence electrons. The summed E-state index contributed by atoms with van der Waals surface area (Å²) in [5.41, 5.74) is 6.74. The van der Waals surface area contributed by atoms with Crippen LogP contribution in [-0.4, -0.2) is 36.1 Å². The van der Waals surface area contributed by atoms with Gasteiger partial charge in [0, 0.05) is 18.0 Å². The first kappa shape index (κ1) is 13.1. The van der Waals surface area contributed by atoms with E-state index in [2.05, 4.69) is 18.4 Å². The lowest BCUT2D eigenvalue weighted by molar-refractivity contribution is -0.140. The van der Waals surface area contributed by atoms with E-state index in [0.717, 1.165) is 19.4 Å². The van der Waals surface area contributed by atoms with Crippen molar-refractivity contribution in [3.8, 4) is 0 Å². The maximum absolute atomic E-state index is 12.7. The van der Waals surface area contributed by atoms with Crippen molar-refractivity contribution in [3.05, 3.63) is 21.9 Å². The van der Waals surface area contributed by atoms with Crippen LogP contribution in [0.5, 0.6) is 0 Å². The van der Waals surface area contributed by atoms with Gasteiger partial charge in [0.2, 0.25) is 5.91 Å². The molecule has 4 nitrogen and oxygen atoms in total. The van der Waals surface area contributed by atoms with Crippen molar-refractivity contribution < 1.29 is 9.53 Å². The van der Waals surface area contributed by atoms with Crippen molar-refractivity contribution >= 4 is 17.2 Å². The number of amides is 1. The number of carbonyl (C=O) groups excluding carboxylic acids is 1. The van der Waals surface area contributed by atoms with Crippen molar-refractivity contribution in [3.63, 3.8) is 0 Å². The van der Waals surface area contributed by atoms with Crippen molar-refractivity contribution in [1.82, 2.24) is 4.90 Å². The molecule has 5 heteroatoms. The lowest BCUT2D eigenvalue weighted by Crippen LogP contribution is -2.57. The Hall–Kier alpha value is -0.910. The predicted octanol–water partition coefficient (Wildman–Crippen LogP) is 1.70. The number of nitrogens with zero attached hydrogens (tertiary/aromatic N) is 1. The van der Waals surface area contributed by atoms with Crippen LogP contribution in [0.25, 0.3) is 0 Å². The summed E-state index contributed by atoms with van der Waals surface area (Å²) in [6.45, 7) is 3.86. The van der Waals surface area contributed by atoms with E-state index in [-0.39, 0.29) is 11.9 Å². The van der Waals surface area contributed by atoms with Crippen molar-refractivity contribution in [2.75, 3.05) is 19.8 Å². The molecule has 2 aliphatic heterocycles. The Morgan fingerprint density at radius 3 is 3.21 bits per heavy atom. The number of hydrogen-bond donors (Lipinski definition) is 1. The van der Waals surface area contributed by atoms with Gasteiger partial charge in [-0.25, -0.2) is 0 Å². The number of rotatable bonds is 2. The van der Waals surface area contributed by atoms with Gasteiger partial charge in [-0.15, -0.1) is 11.3 Å². The molecule has 3 rings (SSSR count). The minimum Gasteiger partial charge on any atom is -0.379 e. The number of ether oxygens (including phenoxy) is 1. The first-order chi connectivity index (χ1) is 9.15. The second kappa shape index (κ2) is 4.89. The molecule has 0 saturated carbocycles. The molecule has 1 aromatic heterocycles. The topological polar surface area (TPSA) is 55.6 Å². The fourth-order valence-electron chi connectivity index (χ4n) is 3.12. The molecule has 3 heterocycles. The van der Waals surface area contributed by atoms with Gasteiger partial charge < -0.3 is 15.4 Å². The number of thiophene rings is 1. The van der Waals surface area contributed by atoms with Crippen LogP contribution < -0.4 is 5.73 Å². The van der Waals surface area contributed by atoms with Gasteiger partial charge in [-0.1, -0.05) is 6.92 Å². The van der Waals surface area contributed by atoms with Crippen LogP contribution in [0.2, 0.25) is 0 Å². The Kier molecular flexibility index (Phi) is 3.37. The van der Waals surface area contributed by atoms with E-state index < -0.39 is 5.54 Å². The zero-order valence-corrected chi connectivity index (χ0v) is 12.0. The highest BCUT2D eigenvalue weighted by Crippen LogP contribution is 2.36. The predicted molar refractivity (Wildman–Crippen MR) is 75.1 cm³/mol. The molecule has 2 N–H and O–H groups in total. The smallest absolute Gasteiger partial charge is 0.245 e. The molecule has 1 saturated heterocycles. The van der Waals surface area contributed by atoms with Gasteiger partial charge in [0.1, 0.15) is 5.54 Å². The third-order valence-corrected chi connectivity index (χ3v) is 5.22. The zero-order chi connectivity index (χ0) is 13.5. The molecular formula is C14H20N2O2S. The van der Waals surface area contributed by atoms with Crippen LogP contribution in [-0.2, 0) is 16.0 Å². The molecule has 1 aromatic rings. The fraction of sp³-hybridized carbons (Fsp3) is 0.643. The lowest BCUT2D eigenvalue weighted by Gasteiger charge is -2.39. The minimum absolute atomic E-state index is 0.0636. The summed E-state index contributed by atoms with van der Waals surface area (Å²) in [5, 5.41) is 2.12. The summed E-state index contributed by atoms with van der Waals surface area (Å²) in [7, 11) is 0. The van der Waals surface area contributed by atoms with Crippen LogP contribution in [0, 0.1) is 0 Å². The molecule has 0 aromatic carbocycles. The van der Waals surface area contributed by atoms with E-state index in [1.54, 1.807) is 11.3 Å². The highest BCUT2D eigenvalue weighted by molar-refractivity contribution is 7.10. The maximum Gasteiger partial charge on any atom is 0.245 e. The minimum atomic E-state index is -0.805. The molecule has 0 spiro atoms. The van der Waals surface area contributed by atoms with Gasteiger partial charge in [0.15, 0.2) is 0 Å². The molecule has 1 amide bonds. The largest absolute Gasteiger partial charge is 0.379 e. The first-order valence-corrected chi connectivity index (χ1v) is 7.77. The fourth-order valence-corrected chi connectivity index (χ4v) is 4.04. The molecule has 19 heavy (non-hydrogen) atoms. The standard InChI is InChI=1S/C14H20N2O2S/c1-2-11-10-4-8-19-12(10)3-6-16(11)13(17)14(15)5-7-18-9-14/h4,8,11H,2-3,5-7,9,15H2,1H3. The second-order valence-electron chi connectivity index (χ2n) is 5.43. The van der Waals surface area contributed by atoms with Crippen LogP contribution in [0.15, 0.2) is 11.4 Å². The van der Waals surface area contributed by atoms with Gasteiger partial charge in [-0.3, -0.25) is 4.79 Å². The second-order valence-corrected chi connectivity index (χ2v) is 6.43. The highest BCUT2D eigenvalue weighted by atomic mass is 32.1. The third kappa shape index (κ3) is 2.10. The zero-order valence-electron chi connectivity index (χ0n) is 11.2. The molecule has 0 radical (unpaired) electrons. The molecule has 2 unspecified atom stereocenters. The van der Waals surface area contributed by atoms with E-state index in [9.17, 15) is 4.79 Å². The summed E-state index contributed by atoms with van der Waals surface area (Å²) in [6.07, 6.45) is 2.52. The molecular weight excluding hydrogens is 260 g/mol. The summed E-state index contributed by atoms with van der Waals surface area (Å²) < 4.78 is 5.32. The third-order valence-electron chi connectivity index (χ3n) is 4.22. The molecule has 2 aliphatic rings. The van der Waals surface area contributed by atoms with E-state index in [0.29, 0.717) is 19.6 Å². The quantitative estimate of drug-likeness (QED) is 0.897. The SMILES string of the molecule is CCC1c2ccsc2CCN1C(=O)C1(N)CCOC1. The monoisotopic (exact) mass is 280 g/mol. The normalized spacial score (nSPS) is 30.4. The Balaban J connectivity index is 1.87. The summed E-state index contributed by atoms with van der Waals surface area (Å²) in [5.74, 6) is 0.0636. The Morgan fingerprint density at radius 1 is 1.68 bits per heavy atom. The Labute approximate surface area is 117 Å². The van der Waals surface area contributed by atoms with Gasteiger partial charge in [-0.05, 0) is 36.3 Å². The van der Waals surface area contributed by atoms with E-state index in [4.69, 9.17) is 10.5 Å². The number of fused-ring (bicyclic) bond motifs is 1. The molecule has 1 fully saturated rings. The van der Waals surface area contributed by atoms with Gasteiger partial charge in [0.25, 0.3) is 0 Å². The summed E-state index contributed by atoms with van der Waals surface area (Å²) >= 11 is 1.80. The summed E-state index contributed by atoms with van der Waals surface area (Å²) in [6, 6.07) is 2.34. The molecule has 2 atom stereocenters. The van der Waals surface area contributed by atoms with Crippen molar-refractivity contribution in [1.29, 1.82) is 0 Å². The van der Waals surface area contributed by atoms with Crippen molar-refractivity contribution in [2.45, 2.75) is 37.8 Å². The number of carbonyl (C=O) groups is 1. The van der Waals surface area contributed by atoms with Gasteiger partial charge in [-0.2, -0.15) is 0 Å². The first-order valence-electron chi connectivity index (χ1n) is 6.89. The number of nitrogens with two attached hydrogens (primary N) is 1.